The van der Waals surface area contributed by atoms with Crippen molar-refractivity contribution < 1.29 is 13.2 Å². The Morgan fingerprint density at radius 1 is 1.29 bits per heavy atom. The van der Waals surface area contributed by atoms with E-state index in [1.807, 2.05) is 0 Å². The summed E-state index contributed by atoms with van der Waals surface area (Å²) in [7, 11) is -3.62. The van der Waals surface area contributed by atoms with Gasteiger partial charge in [0.2, 0.25) is 10.0 Å². The van der Waals surface area contributed by atoms with Crippen molar-refractivity contribution in [2.24, 2.45) is 5.41 Å². The molecule has 1 aromatic carbocycles. The SMILES string of the molecule is CC1(CNS(=O)(=O)c2c(Br)cc(N)cc2Br)CCOCC1. The minimum Gasteiger partial charge on any atom is -0.399 e. The van der Waals surface area contributed by atoms with Gasteiger partial charge in [-0.1, -0.05) is 6.92 Å². The number of ether oxygens (including phenoxy) is 1. The monoisotopic (exact) mass is 440 g/mol. The first-order chi connectivity index (χ1) is 9.73. The van der Waals surface area contributed by atoms with E-state index in [0.29, 0.717) is 34.4 Å². The lowest BCUT2D eigenvalue weighted by Crippen LogP contribution is -2.39. The van der Waals surface area contributed by atoms with Crippen molar-refractivity contribution in [2.75, 3.05) is 25.5 Å². The number of hydrogen-bond donors (Lipinski definition) is 2. The predicted octanol–water partition coefficient (Wildman–Crippen LogP) is 2.89. The third-order valence-electron chi connectivity index (χ3n) is 3.68. The fourth-order valence-corrected chi connectivity index (χ4v) is 6.03. The standard InChI is InChI=1S/C13H18Br2N2O3S/c1-13(2-4-20-5-3-13)8-17-21(18,19)12-10(14)6-9(16)7-11(12)15/h6-7,17H,2-5,8,16H2,1H3. The molecule has 0 amide bonds. The molecular formula is C13H18Br2N2O3S. The Morgan fingerprint density at radius 3 is 2.33 bits per heavy atom. The molecule has 1 aliphatic rings. The van der Waals surface area contributed by atoms with E-state index in [-0.39, 0.29) is 10.3 Å². The number of anilines is 1. The van der Waals surface area contributed by atoms with Crippen LogP contribution in [0.3, 0.4) is 0 Å². The van der Waals surface area contributed by atoms with Crippen LogP contribution >= 0.6 is 31.9 Å². The van der Waals surface area contributed by atoms with Crippen LogP contribution in [0.2, 0.25) is 0 Å². The maximum absolute atomic E-state index is 12.5. The Hall–Kier alpha value is -0.150. The van der Waals surface area contributed by atoms with Crippen LogP contribution < -0.4 is 10.5 Å². The van der Waals surface area contributed by atoms with Crippen molar-refractivity contribution in [3.8, 4) is 0 Å². The Morgan fingerprint density at radius 2 is 1.81 bits per heavy atom. The van der Waals surface area contributed by atoms with Crippen LogP contribution in [0.15, 0.2) is 26.0 Å². The maximum Gasteiger partial charge on any atom is 0.242 e. The molecule has 1 saturated heterocycles. The van der Waals surface area contributed by atoms with Crippen LogP contribution in [0.25, 0.3) is 0 Å². The van der Waals surface area contributed by atoms with E-state index in [1.54, 1.807) is 12.1 Å². The summed E-state index contributed by atoms with van der Waals surface area (Å²) in [5.74, 6) is 0. The largest absolute Gasteiger partial charge is 0.399 e. The summed E-state index contributed by atoms with van der Waals surface area (Å²) in [6, 6.07) is 3.16. The number of rotatable bonds is 4. The minimum absolute atomic E-state index is 0.0713. The highest BCUT2D eigenvalue weighted by atomic mass is 79.9. The first-order valence-electron chi connectivity index (χ1n) is 6.55. The van der Waals surface area contributed by atoms with Gasteiger partial charge in [-0.05, 0) is 62.2 Å². The quantitative estimate of drug-likeness (QED) is 0.703. The summed E-state index contributed by atoms with van der Waals surface area (Å²) < 4.78 is 34.0. The van der Waals surface area contributed by atoms with Gasteiger partial charge < -0.3 is 10.5 Å². The average molecular weight is 442 g/mol. The number of nitrogens with one attached hydrogen (secondary N) is 1. The number of halogens is 2. The van der Waals surface area contributed by atoms with E-state index in [0.717, 1.165) is 12.8 Å². The highest BCUT2D eigenvalue weighted by Crippen LogP contribution is 2.34. The molecular weight excluding hydrogens is 424 g/mol. The van der Waals surface area contributed by atoms with Crippen LogP contribution in [-0.2, 0) is 14.8 Å². The third-order valence-corrected chi connectivity index (χ3v) is 6.96. The fraction of sp³-hybridized carbons (Fsp3) is 0.538. The molecule has 0 unspecified atom stereocenters. The smallest absolute Gasteiger partial charge is 0.242 e. The molecule has 0 aliphatic carbocycles. The molecule has 2 rings (SSSR count). The summed E-state index contributed by atoms with van der Waals surface area (Å²) in [4.78, 5) is 0.173. The van der Waals surface area contributed by atoms with Gasteiger partial charge in [0.05, 0.1) is 0 Å². The second-order valence-corrected chi connectivity index (χ2v) is 8.97. The van der Waals surface area contributed by atoms with E-state index in [2.05, 4.69) is 43.5 Å². The van der Waals surface area contributed by atoms with Crippen LogP contribution in [0.4, 0.5) is 5.69 Å². The van der Waals surface area contributed by atoms with Crippen molar-refractivity contribution in [1.29, 1.82) is 0 Å². The molecule has 0 bridgehead atoms. The summed E-state index contributed by atoms with van der Waals surface area (Å²) >= 11 is 6.53. The summed E-state index contributed by atoms with van der Waals surface area (Å²) in [6.07, 6.45) is 1.69. The lowest BCUT2D eigenvalue weighted by Gasteiger charge is -2.33. The average Bonchev–Trinajstić information content (AvgIpc) is 2.36. The zero-order valence-electron chi connectivity index (χ0n) is 11.7. The van der Waals surface area contributed by atoms with Gasteiger partial charge in [0.25, 0.3) is 0 Å². The van der Waals surface area contributed by atoms with E-state index in [1.165, 1.54) is 0 Å². The van der Waals surface area contributed by atoms with Crippen LogP contribution in [0.1, 0.15) is 19.8 Å². The van der Waals surface area contributed by atoms with Crippen molar-refractivity contribution in [2.45, 2.75) is 24.7 Å². The molecule has 0 saturated carbocycles. The molecule has 5 nitrogen and oxygen atoms in total. The summed E-state index contributed by atoms with van der Waals surface area (Å²) in [6.45, 7) is 3.81. The molecule has 118 valence electrons. The Labute approximate surface area is 141 Å². The van der Waals surface area contributed by atoms with Crippen molar-refractivity contribution in [1.82, 2.24) is 4.72 Å². The van der Waals surface area contributed by atoms with Gasteiger partial charge in [0, 0.05) is 34.4 Å². The minimum atomic E-state index is -3.62. The molecule has 21 heavy (non-hydrogen) atoms. The fourth-order valence-electron chi connectivity index (χ4n) is 2.22. The number of nitrogen functional groups attached to an aromatic ring is 1. The zero-order chi connectivity index (χ0) is 15.7. The first-order valence-corrected chi connectivity index (χ1v) is 9.62. The molecule has 8 heteroatoms. The molecule has 1 aliphatic heterocycles. The third kappa shape index (κ3) is 4.19. The molecule has 3 N–H and O–H groups in total. The first kappa shape index (κ1) is 17.2. The molecule has 0 aromatic heterocycles. The van der Waals surface area contributed by atoms with Gasteiger partial charge in [0.1, 0.15) is 4.90 Å². The normalized spacial score (nSPS) is 18.6. The molecule has 1 fully saturated rings. The Balaban J connectivity index is 2.19. The second-order valence-electron chi connectivity index (χ2n) is 5.56. The number of sulfonamides is 1. The van der Waals surface area contributed by atoms with Crippen LogP contribution in [-0.4, -0.2) is 28.2 Å². The summed E-state index contributed by atoms with van der Waals surface area (Å²) in [5.41, 5.74) is 6.11. The van der Waals surface area contributed by atoms with Crippen LogP contribution in [0, 0.1) is 5.41 Å². The molecule has 0 spiro atoms. The lowest BCUT2D eigenvalue weighted by molar-refractivity contribution is 0.0264. The van der Waals surface area contributed by atoms with Crippen molar-refractivity contribution >= 4 is 47.6 Å². The van der Waals surface area contributed by atoms with Crippen molar-refractivity contribution in [3.63, 3.8) is 0 Å². The van der Waals surface area contributed by atoms with Gasteiger partial charge in [-0.25, -0.2) is 13.1 Å². The van der Waals surface area contributed by atoms with Crippen LogP contribution in [0.5, 0.6) is 0 Å². The molecule has 0 atom stereocenters. The zero-order valence-corrected chi connectivity index (χ0v) is 15.6. The maximum atomic E-state index is 12.5. The molecule has 1 heterocycles. The van der Waals surface area contributed by atoms with E-state index in [4.69, 9.17) is 10.5 Å². The van der Waals surface area contributed by atoms with Gasteiger partial charge in [-0.15, -0.1) is 0 Å². The van der Waals surface area contributed by atoms with Crippen molar-refractivity contribution in [3.05, 3.63) is 21.1 Å². The predicted molar refractivity (Wildman–Crippen MR) is 89.6 cm³/mol. The molecule has 1 aromatic rings. The number of nitrogens with two attached hydrogens (primary N) is 1. The Kier molecular flexibility index (Phi) is 5.36. The summed E-state index contributed by atoms with van der Waals surface area (Å²) in [5, 5.41) is 0. The van der Waals surface area contributed by atoms with E-state index < -0.39 is 10.0 Å². The van der Waals surface area contributed by atoms with Gasteiger partial charge in [0.15, 0.2) is 0 Å². The van der Waals surface area contributed by atoms with Gasteiger partial charge >= 0.3 is 0 Å². The Bertz CT molecular complexity index is 605. The molecule has 0 radical (unpaired) electrons. The number of hydrogen-bond acceptors (Lipinski definition) is 4. The van der Waals surface area contributed by atoms with Gasteiger partial charge in [-0.3, -0.25) is 0 Å². The second kappa shape index (κ2) is 6.54. The highest BCUT2D eigenvalue weighted by molar-refractivity contribution is 9.11. The lowest BCUT2D eigenvalue weighted by atomic mass is 9.83. The van der Waals surface area contributed by atoms with E-state index >= 15 is 0 Å². The number of benzene rings is 1. The topological polar surface area (TPSA) is 81.4 Å². The highest BCUT2D eigenvalue weighted by Gasteiger charge is 2.30. The van der Waals surface area contributed by atoms with Gasteiger partial charge in [-0.2, -0.15) is 0 Å². The van der Waals surface area contributed by atoms with E-state index in [9.17, 15) is 8.42 Å².